The van der Waals surface area contributed by atoms with Gasteiger partial charge in [-0.15, -0.1) is 0 Å². The molecule has 1 atom stereocenters. The van der Waals surface area contributed by atoms with Gasteiger partial charge >= 0.3 is 0 Å². The van der Waals surface area contributed by atoms with E-state index in [4.69, 9.17) is 4.74 Å². The summed E-state index contributed by atoms with van der Waals surface area (Å²) in [6, 6.07) is 23.8. The SMILES string of the molecule is CC(=O)C(C)Cc1ccc(OC/C=C/c2ccc(-c3cc(C(C)(C)C)cc(C(C)(C)C)c3)cc2)cc1. The maximum absolute atomic E-state index is 11.5. The van der Waals surface area contributed by atoms with Gasteiger partial charge < -0.3 is 4.74 Å². The summed E-state index contributed by atoms with van der Waals surface area (Å²) in [6.45, 7) is 17.8. The molecular formula is C34H42O2. The van der Waals surface area contributed by atoms with Gasteiger partial charge in [-0.05, 0) is 75.8 Å². The molecule has 0 aromatic heterocycles. The minimum absolute atomic E-state index is 0.0501. The van der Waals surface area contributed by atoms with Crippen molar-refractivity contribution in [1.82, 2.24) is 0 Å². The van der Waals surface area contributed by atoms with Gasteiger partial charge in [0.05, 0.1) is 0 Å². The molecule has 0 radical (unpaired) electrons. The van der Waals surface area contributed by atoms with Crippen LogP contribution in [-0.4, -0.2) is 12.4 Å². The highest BCUT2D eigenvalue weighted by Gasteiger charge is 2.20. The molecule has 36 heavy (non-hydrogen) atoms. The van der Waals surface area contributed by atoms with Gasteiger partial charge in [0.2, 0.25) is 0 Å². The van der Waals surface area contributed by atoms with Crippen molar-refractivity contribution in [3.05, 3.63) is 95.1 Å². The third-order valence-corrected chi connectivity index (χ3v) is 6.72. The molecule has 3 aromatic carbocycles. The van der Waals surface area contributed by atoms with Crippen molar-refractivity contribution >= 4 is 11.9 Å². The van der Waals surface area contributed by atoms with E-state index in [0.29, 0.717) is 6.61 Å². The van der Waals surface area contributed by atoms with Gasteiger partial charge in [-0.1, -0.05) is 109 Å². The summed E-state index contributed by atoms with van der Waals surface area (Å²) in [7, 11) is 0. The first kappa shape index (κ1) is 27.5. The molecule has 0 aliphatic heterocycles. The zero-order valence-corrected chi connectivity index (χ0v) is 23.3. The molecule has 0 saturated carbocycles. The molecule has 2 nitrogen and oxygen atoms in total. The second-order valence-electron chi connectivity index (χ2n) is 12.0. The largest absolute Gasteiger partial charge is 0.490 e. The average Bonchev–Trinajstić information content (AvgIpc) is 2.82. The Balaban J connectivity index is 1.64. The highest BCUT2D eigenvalue weighted by Crippen LogP contribution is 2.34. The Bertz CT molecular complexity index is 1150. The summed E-state index contributed by atoms with van der Waals surface area (Å²) in [5.74, 6) is 1.11. The predicted octanol–water partition coefficient (Wildman–Crippen LogP) is 8.81. The molecular weight excluding hydrogens is 440 g/mol. The van der Waals surface area contributed by atoms with E-state index in [1.807, 2.05) is 37.3 Å². The summed E-state index contributed by atoms with van der Waals surface area (Å²) in [6.07, 6.45) is 4.90. The van der Waals surface area contributed by atoms with Crippen LogP contribution in [0.3, 0.4) is 0 Å². The Morgan fingerprint density at radius 2 is 1.36 bits per heavy atom. The number of hydrogen-bond donors (Lipinski definition) is 0. The zero-order chi connectivity index (χ0) is 26.5. The van der Waals surface area contributed by atoms with Gasteiger partial charge in [0.15, 0.2) is 0 Å². The maximum atomic E-state index is 11.5. The number of ketones is 1. The lowest BCUT2D eigenvalue weighted by Crippen LogP contribution is -2.16. The smallest absolute Gasteiger partial charge is 0.132 e. The van der Waals surface area contributed by atoms with Crippen LogP contribution >= 0.6 is 0 Å². The second kappa shape index (κ2) is 11.3. The molecule has 0 N–H and O–H groups in total. The van der Waals surface area contributed by atoms with E-state index in [9.17, 15) is 4.79 Å². The zero-order valence-electron chi connectivity index (χ0n) is 23.3. The third-order valence-electron chi connectivity index (χ3n) is 6.72. The topological polar surface area (TPSA) is 26.3 Å². The minimum atomic E-state index is 0.0501. The van der Waals surface area contributed by atoms with E-state index in [1.165, 1.54) is 22.3 Å². The fourth-order valence-electron chi connectivity index (χ4n) is 3.99. The first-order valence-electron chi connectivity index (χ1n) is 13.0. The molecule has 0 heterocycles. The monoisotopic (exact) mass is 482 g/mol. The Labute approximate surface area is 218 Å². The van der Waals surface area contributed by atoms with Gasteiger partial charge in [0.25, 0.3) is 0 Å². The fourth-order valence-corrected chi connectivity index (χ4v) is 3.99. The number of rotatable bonds is 8. The molecule has 2 heteroatoms. The molecule has 0 bridgehead atoms. The third kappa shape index (κ3) is 7.68. The van der Waals surface area contributed by atoms with Crippen LogP contribution in [0.2, 0.25) is 0 Å². The Morgan fingerprint density at radius 1 is 0.806 bits per heavy atom. The molecule has 0 aliphatic rings. The average molecular weight is 483 g/mol. The molecule has 0 fully saturated rings. The number of benzene rings is 3. The van der Waals surface area contributed by atoms with Crippen molar-refractivity contribution in [2.24, 2.45) is 5.92 Å². The standard InChI is InChI=1S/C34H42O2/c1-24(25(2)35)20-27-13-17-32(18-14-27)36-19-9-10-26-11-15-28(16-12-26)29-21-30(33(3,4)5)23-31(22-29)34(6,7)8/h9-18,21-24H,19-20H2,1-8H3/b10-9+. The van der Waals surface area contributed by atoms with E-state index in [1.54, 1.807) is 6.92 Å². The van der Waals surface area contributed by atoms with Crippen LogP contribution in [0.1, 0.15) is 77.6 Å². The normalized spacial score (nSPS) is 13.1. The van der Waals surface area contributed by atoms with E-state index < -0.39 is 0 Å². The van der Waals surface area contributed by atoms with Crippen LogP contribution in [-0.2, 0) is 22.0 Å². The Morgan fingerprint density at radius 3 is 1.86 bits per heavy atom. The summed E-state index contributed by atoms with van der Waals surface area (Å²) < 4.78 is 5.86. The summed E-state index contributed by atoms with van der Waals surface area (Å²) in [5, 5.41) is 0. The predicted molar refractivity (Wildman–Crippen MR) is 154 cm³/mol. The van der Waals surface area contributed by atoms with Gasteiger partial charge in [0.1, 0.15) is 18.1 Å². The maximum Gasteiger partial charge on any atom is 0.132 e. The molecule has 190 valence electrons. The van der Waals surface area contributed by atoms with Gasteiger partial charge in [-0.2, -0.15) is 0 Å². The van der Waals surface area contributed by atoms with Crippen molar-refractivity contribution in [2.75, 3.05) is 6.61 Å². The molecule has 0 spiro atoms. The van der Waals surface area contributed by atoms with Crippen LogP contribution in [0, 0.1) is 5.92 Å². The Kier molecular flexibility index (Phi) is 8.61. The highest BCUT2D eigenvalue weighted by molar-refractivity contribution is 5.78. The summed E-state index contributed by atoms with van der Waals surface area (Å²) in [4.78, 5) is 11.5. The van der Waals surface area contributed by atoms with Crippen molar-refractivity contribution in [3.8, 4) is 16.9 Å². The van der Waals surface area contributed by atoms with Crippen LogP contribution in [0.4, 0.5) is 0 Å². The quantitative estimate of drug-likeness (QED) is 0.321. The fraction of sp³-hybridized carbons (Fsp3) is 0.382. The van der Waals surface area contributed by atoms with E-state index in [-0.39, 0.29) is 22.5 Å². The lowest BCUT2D eigenvalue weighted by molar-refractivity contribution is -0.120. The molecule has 3 rings (SSSR count). The van der Waals surface area contributed by atoms with Gasteiger partial charge in [-0.3, -0.25) is 4.79 Å². The van der Waals surface area contributed by atoms with Crippen molar-refractivity contribution < 1.29 is 9.53 Å². The summed E-state index contributed by atoms with van der Waals surface area (Å²) in [5.41, 5.74) is 7.76. The number of carbonyl (C=O) groups is 1. The van der Waals surface area contributed by atoms with E-state index in [2.05, 4.69) is 90.1 Å². The van der Waals surface area contributed by atoms with Crippen molar-refractivity contribution in [1.29, 1.82) is 0 Å². The van der Waals surface area contributed by atoms with E-state index >= 15 is 0 Å². The van der Waals surface area contributed by atoms with E-state index in [0.717, 1.165) is 23.3 Å². The van der Waals surface area contributed by atoms with Crippen LogP contribution in [0.25, 0.3) is 17.2 Å². The molecule has 3 aromatic rings. The molecule has 1 unspecified atom stereocenters. The Hall–Kier alpha value is -3.13. The van der Waals surface area contributed by atoms with Crippen LogP contribution in [0.15, 0.2) is 72.8 Å². The second-order valence-corrected chi connectivity index (χ2v) is 12.0. The van der Waals surface area contributed by atoms with Crippen molar-refractivity contribution in [3.63, 3.8) is 0 Å². The molecule has 0 aliphatic carbocycles. The first-order chi connectivity index (χ1) is 16.8. The number of carbonyl (C=O) groups excluding carboxylic acids is 1. The first-order valence-corrected chi connectivity index (χ1v) is 13.0. The lowest BCUT2D eigenvalue weighted by atomic mass is 9.79. The summed E-state index contributed by atoms with van der Waals surface area (Å²) >= 11 is 0. The highest BCUT2D eigenvalue weighted by atomic mass is 16.5. The number of ether oxygens (including phenoxy) is 1. The van der Waals surface area contributed by atoms with Crippen LogP contribution in [0.5, 0.6) is 5.75 Å². The lowest BCUT2D eigenvalue weighted by Gasteiger charge is -2.26. The minimum Gasteiger partial charge on any atom is -0.490 e. The van der Waals surface area contributed by atoms with Crippen LogP contribution < -0.4 is 4.74 Å². The molecule has 0 amide bonds. The van der Waals surface area contributed by atoms with Gasteiger partial charge in [-0.25, -0.2) is 0 Å². The van der Waals surface area contributed by atoms with Gasteiger partial charge in [0, 0.05) is 5.92 Å². The molecule has 0 saturated heterocycles. The van der Waals surface area contributed by atoms with Crippen molar-refractivity contribution in [2.45, 2.75) is 72.6 Å². The number of Topliss-reactive ketones (excluding diaryl/α,β-unsaturated/α-hetero) is 1. The number of hydrogen-bond acceptors (Lipinski definition) is 2.